The van der Waals surface area contributed by atoms with Crippen molar-refractivity contribution in [2.75, 3.05) is 26.2 Å². The third-order valence-electron chi connectivity index (χ3n) is 13.0. The van der Waals surface area contributed by atoms with Gasteiger partial charge in [-0.25, -0.2) is 14.4 Å². The fraction of sp³-hybridized carbons (Fsp3) is 0.551. The summed E-state index contributed by atoms with van der Waals surface area (Å²) in [5.41, 5.74) is 5.33. The standard InChI is InChI=1S/C49H63N5O18/c1-48(2,3)72-46(62)53-24-49(64,25-53)44(60)51-30-19-29(50)34(56)40(35(30)57)71-43-37(59)39(32(21-55)68-43)70-42-33(52-45(61)65-22-26-13-7-4-8-14-26)36(58)38-31(67-42)20-54(41(69-38)28-17-11-6-12-18-28)47(63)66-23-27-15-9-5-10-16-27/h4-18,29-43,55-59,64H,19-25,50H2,1-3H3,(H,51,60)(H,52,61)/t29-,30+,31-,32+,33+,34+,35-,36+,37+,38+,39+,40-,41?,42+,43-/m0/s1. The molecule has 5 fully saturated rings. The van der Waals surface area contributed by atoms with Gasteiger partial charge in [0.15, 0.2) is 24.4 Å². The largest absolute Gasteiger partial charge is 0.445 e. The van der Waals surface area contributed by atoms with Crippen molar-refractivity contribution in [2.45, 2.75) is 143 Å². The van der Waals surface area contributed by atoms with E-state index >= 15 is 0 Å². The number of ether oxygens (including phenoxy) is 8. The lowest BCUT2D eigenvalue weighted by atomic mass is 9.83. The molecule has 3 aromatic carbocycles. The van der Waals surface area contributed by atoms with E-state index in [9.17, 15) is 49.8 Å². The Morgan fingerprint density at radius 1 is 0.736 bits per heavy atom. The number of hydrogen-bond acceptors (Lipinski definition) is 19. The number of rotatable bonds is 13. The Morgan fingerprint density at radius 2 is 1.33 bits per heavy atom. The summed E-state index contributed by atoms with van der Waals surface area (Å²) in [6.45, 7) is 2.96. The first-order valence-corrected chi connectivity index (χ1v) is 23.7. The first-order valence-electron chi connectivity index (χ1n) is 23.7. The van der Waals surface area contributed by atoms with Gasteiger partial charge in [-0.3, -0.25) is 9.69 Å². The molecule has 0 bridgehead atoms. The zero-order valence-electron chi connectivity index (χ0n) is 39.8. The quantitative estimate of drug-likeness (QED) is 0.101. The molecule has 4 heterocycles. The van der Waals surface area contributed by atoms with Gasteiger partial charge in [0.1, 0.15) is 73.7 Å². The van der Waals surface area contributed by atoms with E-state index in [1.165, 1.54) is 4.90 Å². The summed E-state index contributed by atoms with van der Waals surface area (Å²) in [4.78, 5) is 55.6. The van der Waals surface area contributed by atoms with E-state index < -0.39 is 147 Å². The number of alkyl carbamates (subject to hydrolysis) is 1. The first kappa shape index (κ1) is 52.8. The fourth-order valence-corrected chi connectivity index (χ4v) is 9.25. The van der Waals surface area contributed by atoms with Crippen LogP contribution < -0.4 is 16.4 Å². The van der Waals surface area contributed by atoms with Crippen molar-refractivity contribution in [1.29, 1.82) is 0 Å². The van der Waals surface area contributed by atoms with Crippen LogP contribution in [0, 0.1) is 0 Å². The summed E-state index contributed by atoms with van der Waals surface area (Å²) >= 11 is 0. The van der Waals surface area contributed by atoms with Crippen LogP contribution in [0.5, 0.6) is 0 Å². The van der Waals surface area contributed by atoms with Gasteiger partial charge >= 0.3 is 18.3 Å². The Balaban J connectivity index is 0.983. The van der Waals surface area contributed by atoms with Crippen molar-refractivity contribution < 1.29 is 87.7 Å². The van der Waals surface area contributed by atoms with E-state index in [0.29, 0.717) is 11.1 Å². The fourth-order valence-electron chi connectivity index (χ4n) is 9.25. The molecule has 392 valence electrons. The zero-order valence-corrected chi connectivity index (χ0v) is 39.8. The van der Waals surface area contributed by atoms with Gasteiger partial charge in [-0.2, -0.15) is 0 Å². The van der Waals surface area contributed by atoms with Crippen molar-refractivity contribution in [2.24, 2.45) is 5.73 Å². The van der Waals surface area contributed by atoms with Crippen LogP contribution in [0.2, 0.25) is 0 Å². The highest BCUT2D eigenvalue weighted by Crippen LogP contribution is 2.39. The van der Waals surface area contributed by atoms with E-state index in [-0.39, 0.29) is 26.2 Å². The van der Waals surface area contributed by atoms with E-state index in [0.717, 1.165) is 10.5 Å². The van der Waals surface area contributed by atoms with Gasteiger partial charge in [-0.05, 0) is 38.3 Å². The van der Waals surface area contributed by atoms with Crippen molar-refractivity contribution in [3.8, 4) is 0 Å². The monoisotopic (exact) mass is 1010 g/mol. The van der Waals surface area contributed by atoms with Crippen molar-refractivity contribution in [3.63, 3.8) is 0 Å². The molecule has 3 aromatic rings. The third-order valence-corrected chi connectivity index (χ3v) is 13.0. The number of amides is 4. The molecule has 4 saturated heterocycles. The number of benzene rings is 3. The number of hydrogen-bond donors (Lipinski definition) is 9. The molecule has 15 atom stereocenters. The minimum Gasteiger partial charge on any atom is -0.445 e. The van der Waals surface area contributed by atoms with Crippen molar-refractivity contribution in [1.82, 2.24) is 20.4 Å². The summed E-state index contributed by atoms with van der Waals surface area (Å²) in [6.07, 6.45) is -21.0. The van der Waals surface area contributed by atoms with Crippen LogP contribution in [-0.2, 0) is 55.9 Å². The highest BCUT2D eigenvalue weighted by atomic mass is 16.8. The maximum absolute atomic E-state index is 13.9. The topological polar surface area (TPSA) is 320 Å². The molecule has 72 heavy (non-hydrogen) atoms. The number of aliphatic hydroxyl groups is 6. The number of carbonyl (C=O) groups excluding carboxylic acids is 4. The average Bonchev–Trinajstić information content (AvgIpc) is 3.65. The minimum atomic E-state index is -2.03. The SMILES string of the molecule is CC(C)(C)OC(=O)N1CC(O)(C(=O)N[C@@H]2C[C@H](N)[C@@H](O)[C@H](O[C@@H]3O[C@H](CO)[C@@H](O[C@H]4O[C@H]5CN(C(=O)OCc6ccccc6)C(c6ccccc6)O[C@H]5[C@H](O)[C@H]4NC(=O)OCc4ccccc4)[C@H]3O)[C@H]2O)C1. The van der Waals surface area contributed by atoms with Crippen LogP contribution in [0.4, 0.5) is 14.4 Å². The molecule has 0 spiro atoms. The maximum atomic E-state index is 13.9. The highest BCUT2D eigenvalue weighted by molar-refractivity contribution is 5.89. The molecule has 10 N–H and O–H groups in total. The summed E-state index contributed by atoms with van der Waals surface area (Å²) in [6, 6.07) is 22.7. The number of β-amino-alcohol motifs (C(OH)–C–C–N with tert-alkyl or cyclic N) is 1. The molecule has 4 amide bonds. The number of nitrogens with one attached hydrogen (secondary N) is 2. The van der Waals surface area contributed by atoms with Crippen LogP contribution in [0.3, 0.4) is 0 Å². The van der Waals surface area contributed by atoms with Crippen molar-refractivity contribution >= 4 is 24.2 Å². The maximum Gasteiger partial charge on any atom is 0.412 e. The summed E-state index contributed by atoms with van der Waals surface area (Å²) in [5.74, 6) is -0.935. The molecular formula is C49H63N5O18. The molecule has 5 aliphatic rings. The van der Waals surface area contributed by atoms with Gasteiger partial charge in [0.2, 0.25) is 0 Å². The lowest BCUT2D eigenvalue weighted by molar-refractivity contribution is -0.322. The van der Waals surface area contributed by atoms with E-state index in [4.69, 9.17) is 43.6 Å². The molecular weight excluding hydrogens is 947 g/mol. The lowest BCUT2D eigenvalue weighted by Gasteiger charge is -2.51. The van der Waals surface area contributed by atoms with Gasteiger partial charge in [0.05, 0.1) is 38.4 Å². The van der Waals surface area contributed by atoms with Crippen LogP contribution in [0.15, 0.2) is 91.0 Å². The Bertz CT molecular complexity index is 2310. The number of nitrogens with two attached hydrogens (primary N) is 1. The highest BCUT2D eigenvalue weighted by Gasteiger charge is 2.57. The molecule has 8 rings (SSSR count). The predicted octanol–water partition coefficient (Wildman–Crippen LogP) is -0.128. The molecule has 1 saturated carbocycles. The van der Waals surface area contributed by atoms with Gasteiger partial charge in [0, 0.05) is 11.6 Å². The predicted molar refractivity (Wildman–Crippen MR) is 246 cm³/mol. The van der Waals surface area contributed by atoms with E-state index in [1.807, 2.05) is 6.07 Å². The lowest BCUT2D eigenvalue weighted by Crippen LogP contribution is -2.73. The smallest absolute Gasteiger partial charge is 0.412 e. The minimum absolute atomic E-state index is 0.0703. The molecule has 0 radical (unpaired) electrons. The average molecular weight is 1010 g/mol. The van der Waals surface area contributed by atoms with Gasteiger partial charge in [-0.15, -0.1) is 0 Å². The first-order chi connectivity index (χ1) is 34.3. The number of aliphatic hydroxyl groups excluding tert-OH is 5. The third kappa shape index (κ3) is 11.9. The molecule has 1 unspecified atom stereocenters. The second kappa shape index (κ2) is 22.3. The number of fused-ring (bicyclic) bond motifs is 1. The van der Waals surface area contributed by atoms with E-state index in [2.05, 4.69) is 10.6 Å². The van der Waals surface area contributed by atoms with Gasteiger partial charge in [-0.1, -0.05) is 91.0 Å². The molecule has 0 aromatic heterocycles. The normalized spacial score (nSPS) is 33.2. The molecule has 1 aliphatic carbocycles. The number of nitrogens with zero attached hydrogens (tertiary/aromatic N) is 2. The van der Waals surface area contributed by atoms with Crippen LogP contribution >= 0.6 is 0 Å². The number of carbonyl (C=O) groups is 4. The van der Waals surface area contributed by atoms with Gasteiger partial charge < -0.3 is 89.8 Å². The van der Waals surface area contributed by atoms with Crippen LogP contribution in [0.25, 0.3) is 0 Å². The second-order valence-electron chi connectivity index (χ2n) is 19.6. The van der Waals surface area contributed by atoms with Crippen LogP contribution in [0.1, 0.15) is 50.1 Å². The number of likely N-dealkylation sites (tertiary alicyclic amines) is 1. The summed E-state index contributed by atoms with van der Waals surface area (Å²) in [7, 11) is 0. The summed E-state index contributed by atoms with van der Waals surface area (Å²) < 4.78 is 47.6. The Hall–Kier alpha value is -5.54. The Labute approximate surface area is 414 Å². The molecule has 23 heteroatoms. The van der Waals surface area contributed by atoms with E-state index in [1.54, 1.807) is 106 Å². The molecule has 4 aliphatic heterocycles. The van der Waals surface area contributed by atoms with Crippen LogP contribution in [-0.4, -0.2) is 188 Å². The zero-order chi connectivity index (χ0) is 51.5. The second-order valence-corrected chi connectivity index (χ2v) is 19.6. The Kier molecular flexibility index (Phi) is 16.3. The molecule has 23 nitrogen and oxygen atoms in total. The Morgan fingerprint density at radius 3 is 1.94 bits per heavy atom. The summed E-state index contributed by atoms with van der Waals surface area (Å²) in [5, 5.41) is 73.4. The van der Waals surface area contributed by atoms with Crippen molar-refractivity contribution in [3.05, 3.63) is 108 Å². The van der Waals surface area contributed by atoms with Gasteiger partial charge in [0.25, 0.3) is 5.91 Å².